The summed E-state index contributed by atoms with van der Waals surface area (Å²) in [6.45, 7) is 8.96. The van der Waals surface area contributed by atoms with E-state index in [2.05, 4.69) is 27.7 Å². The molecule has 0 saturated heterocycles. The van der Waals surface area contributed by atoms with Crippen LogP contribution in [0.25, 0.3) is 6.08 Å². The lowest BCUT2D eigenvalue weighted by atomic mass is 10.0. The molecule has 1 aromatic rings. The Hall–Kier alpha value is -1.77. The van der Waals surface area contributed by atoms with Crippen LogP contribution in [0, 0.1) is 11.8 Å². The predicted molar refractivity (Wildman–Crippen MR) is 79.3 cm³/mol. The monoisotopic (exact) mass is 264 g/mol. The second kappa shape index (κ2) is 9.20. The number of hydrogen-bond acceptors (Lipinski definition) is 2. The van der Waals surface area contributed by atoms with Crippen LogP contribution in [0.3, 0.4) is 0 Å². The van der Waals surface area contributed by atoms with E-state index in [9.17, 15) is 4.79 Å². The number of hydrogen-bond donors (Lipinski definition) is 1. The van der Waals surface area contributed by atoms with Crippen molar-refractivity contribution in [2.45, 2.75) is 27.7 Å². The Morgan fingerprint density at radius 1 is 1.16 bits per heavy atom. The van der Waals surface area contributed by atoms with E-state index in [-0.39, 0.29) is 0 Å². The molecule has 0 spiro atoms. The molecule has 0 aliphatic carbocycles. The van der Waals surface area contributed by atoms with Crippen LogP contribution in [0.2, 0.25) is 0 Å². The fourth-order valence-corrected chi connectivity index (χ4v) is 0.965. The highest BCUT2D eigenvalue weighted by atomic mass is 16.5. The Morgan fingerprint density at radius 2 is 1.68 bits per heavy atom. The van der Waals surface area contributed by atoms with Gasteiger partial charge in [-0.05, 0) is 24.0 Å². The molecular formula is C16H24O3. The number of carbonyl (C=O) groups is 1. The van der Waals surface area contributed by atoms with Gasteiger partial charge in [0.05, 0.1) is 7.11 Å². The summed E-state index contributed by atoms with van der Waals surface area (Å²) in [6.07, 6.45) is 2.58. The average molecular weight is 264 g/mol. The first kappa shape index (κ1) is 17.2. The topological polar surface area (TPSA) is 46.5 Å². The van der Waals surface area contributed by atoms with E-state index in [1.165, 1.54) is 6.08 Å². The molecule has 1 aromatic carbocycles. The van der Waals surface area contributed by atoms with Crippen LogP contribution in [0.1, 0.15) is 33.3 Å². The van der Waals surface area contributed by atoms with Gasteiger partial charge in [-0.3, -0.25) is 0 Å². The molecule has 0 heterocycles. The molecule has 0 aliphatic rings. The molecule has 3 heteroatoms. The predicted octanol–water partition coefficient (Wildman–Crippen LogP) is 4.09. The molecule has 0 atom stereocenters. The van der Waals surface area contributed by atoms with Gasteiger partial charge >= 0.3 is 5.97 Å². The SMILES string of the molecule is CC(C)C(C)C.COc1ccccc1/C=C/C(=O)O. The van der Waals surface area contributed by atoms with Gasteiger partial charge in [-0.2, -0.15) is 0 Å². The summed E-state index contributed by atoms with van der Waals surface area (Å²) >= 11 is 0. The normalized spacial score (nSPS) is 10.5. The van der Waals surface area contributed by atoms with E-state index in [0.29, 0.717) is 5.75 Å². The quantitative estimate of drug-likeness (QED) is 0.833. The molecule has 0 unspecified atom stereocenters. The molecule has 0 aliphatic heterocycles. The first-order chi connectivity index (χ1) is 8.88. The fraction of sp³-hybridized carbons (Fsp3) is 0.438. The highest BCUT2D eigenvalue weighted by Gasteiger charge is 1.97. The maximum Gasteiger partial charge on any atom is 0.328 e. The molecule has 3 nitrogen and oxygen atoms in total. The summed E-state index contributed by atoms with van der Waals surface area (Å²) in [4.78, 5) is 10.2. The molecule has 0 saturated carbocycles. The van der Waals surface area contributed by atoms with Crippen molar-refractivity contribution in [2.75, 3.05) is 7.11 Å². The number of carboxylic acids is 1. The Balaban J connectivity index is 0.000000459. The summed E-state index contributed by atoms with van der Waals surface area (Å²) in [5.41, 5.74) is 0.757. The minimum Gasteiger partial charge on any atom is -0.496 e. The van der Waals surface area contributed by atoms with Crippen LogP contribution in [0.4, 0.5) is 0 Å². The Bertz CT molecular complexity index is 400. The highest BCUT2D eigenvalue weighted by molar-refractivity contribution is 5.85. The first-order valence-corrected chi connectivity index (χ1v) is 6.42. The van der Waals surface area contributed by atoms with E-state index in [0.717, 1.165) is 23.5 Å². The van der Waals surface area contributed by atoms with Crippen molar-refractivity contribution in [2.24, 2.45) is 11.8 Å². The molecule has 19 heavy (non-hydrogen) atoms. The molecule has 0 aromatic heterocycles. The van der Waals surface area contributed by atoms with E-state index >= 15 is 0 Å². The third-order valence-electron chi connectivity index (χ3n) is 2.88. The molecule has 0 amide bonds. The Morgan fingerprint density at radius 3 is 2.11 bits per heavy atom. The summed E-state index contributed by atoms with van der Waals surface area (Å²) in [5, 5.41) is 8.41. The van der Waals surface area contributed by atoms with Gasteiger partial charge in [-0.15, -0.1) is 0 Å². The van der Waals surface area contributed by atoms with Gasteiger partial charge in [0.15, 0.2) is 0 Å². The summed E-state index contributed by atoms with van der Waals surface area (Å²) in [5.74, 6) is 1.40. The van der Waals surface area contributed by atoms with Crippen LogP contribution < -0.4 is 4.74 Å². The van der Waals surface area contributed by atoms with Crippen molar-refractivity contribution in [3.05, 3.63) is 35.9 Å². The van der Waals surface area contributed by atoms with Gasteiger partial charge in [0, 0.05) is 11.6 Å². The molecular weight excluding hydrogens is 240 g/mol. The third kappa shape index (κ3) is 8.03. The number of para-hydroxylation sites is 1. The molecule has 0 bridgehead atoms. The van der Waals surface area contributed by atoms with E-state index in [1.54, 1.807) is 19.2 Å². The minimum atomic E-state index is -0.967. The number of aliphatic carboxylic acids is 1. The lowest BCUT2D eigenvalue weighted by molar-refractivity contribution is -0.131. The fourth-order valence-electron chi connectivity index (χ4n) is 0.965. The van der Waals surface area contributed by atoms with Gasteiger partial charge in [0.2, 0.25) is 0 Å². The van der Waals surface area contributed by atoms with Gasteiger partial charge < -0.3 is 9.84 Å². The zero-order chi connectivity index (χ0) is 14.8. The van der Waals surface area contributed by atoms with Gasteiger partial charge in [-0.25, -0.2) is 4.79 Å². The standard InChI is InChI=1S/C10H10O3.C6H14/c1-13-9-5-3-2-4-8(9)6-7-10(11)12;1-5(2)6(3)4/h2-7H,1H3,(H,11,12);5-6H,1-4H3/b7-6+;. The van der Waals surface area contributed by atoms with Crippen molar-refractivity contribution in [1.82, 2.24) is 0 Å². The largest absolute Gasteiger partial charge is 0.496 e. The van der Waals surface area contributed by atoms with E-state index in [4.69, 9.17) is 9.84 Å². The molecule has 0 fully saturated rings. The maximum atomic E-state index is 10.2. The zero-order valence-electron chi connectivity index (χ0n) is 12.4. The van der Waals surface area contributed by atoms with Crippen LogP contribution >= 0.6 is 0 Å². The second-order valence-electron chi connectivity index (χ2n) is 4.90. The van der Waals surface area contributed by atoms with E-state index < -0.39 is 5.97 Å². The van der Waals surface area contributed by atoms with Crippen molar-refractivity contribution >= 4 is 12.0 Å². The van der Waals surface area contributed by atoms with Gasteiger partial charge in [0.1, 0.15) is 5.75 Å². The number of ether oxygens (including phenoxy) is 1. The summed E-state index contributed by atoms with van der Waals surface area (Å²) in [6, 6.07) is 7.22. The molecule has 1 N–H and O–H groups in total. The third-order valence-corrected chi connectivity index (χ3v) is 2.88. The van der Waals surface area contributed by atoms with Crippen LogP contribution in [-0.4, -0.2) is 18.2 Å². The number of rotatable bonds is 4. The average Bonchev–Trinajstić information content (AvgIpc) is 2.37. The zero-order valence-corrected chi connectivity index (χ0v) is 12.4. The lowest BCUT2D eigenvalue weighted by Gasteiger charge is -2.05. The smallest absolute Gasteiger partial charge is 0.328 e. The minimum absolute atomic E-state index is 0.667. The molecule has 1 rings (SSSR count). The number of methoxy groups -OCH3 is 1. The number of carboxylic acid groups (broad SMARTS) is 1. The Kier molecular flexibility index (Phi) is 8.34. The number of benzene rings is 1. The van der Waals surface area contributed by atoms with Crippen molar-refractivity contribution in [3.63, 3.8) is 0 Å². The van der Waals surface area contributed by atoms with Crippen LogP contribution in [0.5, 0.6) is 5.75 Å². The van der Waals surface area contributed by atoms with Gasteiger partial charge in [0.25, 0.3) is 0 Å². The second-order valence-corrected chi connectivity index (χ2v) is 4.90. The highest BCUT2D eigenvalue weighted by Crippen LogP contribution is 2.18. The van der Waals surface area contributed by atoms with Crippen molar-refractivity contribution in [3.8, 4) is 5.75 Å². The maximum absolute atomic E-state index is 10.2. The van der Waals surface area contributed by atoms with Crippen molar-refractivity contribution < 1.29 is 14.6 Å². The summed E-state index contributed by atoms with van der Waals surface area (Å²) < 4.78 is 5.03. The van der Waals surface area contributed by atoms with Gasteiger partial charge in [-0.1, -0.05) is 45.9 Å². The first-order valence-electron chi connectivity index (χ1n) is 6.42. The molecule has 106 valence electrons. The lowest BCUT2D eigenvalue weighted by Crippen LogP contribution is -1.95. The van der Waals surface area contributed by atoms with Crippen molar-refractivity contribution in [1.29, 1.82) is 0 Å². The Labute approximate surface area is 115 Å². The van der Waals surface area contributed by atoms with E-state index in [1.807, 2.05) is 12.1 Å². The van der Waals surface area contributed by atoms with Crippen LogP contribution in [-0.2, 0) is 4.79 Å². The molecule has 0 radical (unpaired) electrons. The van der Waals surface area contributed by atoms with Crippen LogP contribution in [0.15, 0.2) is 30.3 Å². The summed E-state index contributed by atoms with van der Waals surface area (Å²) in [7, 11) is 1.55.